The Bertz CT molecular complexity index is 2830. The molecule has 0 amide bonds. The molecule has 7 nitrogen and oxygen atoms in total. The summed E-state index contributed by atoms with van der Waals surface area (Å²) >= 11 is 0. The second-order valence-corrected chi connectivity index (χ2v) is 12.0. The van der Waals surface area contributed by atoms with Crippen LogP contribution in [-0.4, -0.2) is 15.5 Å². The highest BCUT2D eigenvalue weighted by Crippen LogP contribution is 2.68. The summed E-state index contributed by atoms with van der Waals surface area (Å²) < 4.78 is 32.6. The molecule has 2 atom stereocenters. The summed E-state index contributed by atoms with van der Waals surface area (Å²) in [7, 11) is 0. The molecule has 0 saturated heterocycles. The van der Waals surface area contributed by atoms with Crippen LogP contribution in [0, 0.1) is 0 Å². The highest BCUT2D eigenvalue weighted by molar-refractivity contribution is 6.18. The van der Waals surface area contributed by atoms with Crippen LogP contribution in [0.1, 0.15) is 5.56 Å². The Hall–Kier alpha value is -5.95. The summed E-state index contributed by atoms with van der Waals surface area (Å²) in [6.45, 7) is 0. The number of aromatic nitrogens is 2. The van der Waals surface area contributed by atoms with Crippen molar-refractivity contribution in [1.82, 2.24) is 9.38 Å². The summed E-state index contributed by atoms with van der Waals surface area (Å²) in [5.41, 5.74) is 9.71. The van der Waals surface area contributed by atoms with E-state index in [0.717, 1.165) is 77.3 Å². The van der Waals surface area contributed by atoms with Crippen molar-refractivity contribution < 1.29 is 22.4 Å². The number of ether oxygens (including phenoxy) is 1. The van der Waals surface area contributed by atoms with Crippen molar-refractivity contribution in [3.63, 3.8) is 0 Å². The van der Waals surface area contributed by atoms with Crippen molar-refractivity contribution in [2.75, 3.05) is 0 Å². The largest absolute Gasteiger partial charge is 0.455 e. The summed E-state index contributed by atoms with van der Waals surface area (Å²) in [5, 5.41) is 4.15. The number of benzene rings is 4. The zero-order valence-electron chi connectivity index (χ0n) is 22.8. The van der Waals surface area contributed by atoms with Crippen LogP contribution in [0.3, 0.4) is 0 Å². The Balaban J connectivity index is 0.990. The van der Waals surface area contributed by atoms with Gasteiger partial charge >= 0.3 is 5.84 Å². The zero-order chi connectivity index (χ0) is 28.3. The Labute approximate surface area is 246 Å². The summed E-state index contributed by atoms with van der Waals surface area (Å²) in [4.78, 5) is 4.79. The van der Waals surface area contributed by atoms with E-state index in [9.17, 15) is 0 Å². The van der Waals surface area contributed by atoms with Crippen LogP contribution in [0.4, 0.5) is 0 Å². The molecular formula is C37H18N2O5. The zero-order valence-corrected chi connectivity index (χ0v) is 22.8. The maximum Gasteiger partial charge on any atom is 0.307 e. The number of furan rings is 3. The van der Waals surface area contributed by atoms with Gasteiger partial charge in [-0.15, -0.1) is 0 Å². The Kier molecular flexibility index (Phi) is 3.44. The molecule has 4 aromatic carbocycles. The van der Waals surface area contributed by atoms with Crippen molar-refractivity contribution >= 4 is 61.0 Å². The molecule has 0 N–H and O–H groups in total. The second-order valence-electron chi connectivity index (χ2n) is 12.0. The van der Waals surface area contributed by atoms with Crippen molar-refractivity contribution in [1.29, 1.82) is 0 Å². The van der Waals surface area contributed by atoms with Gasteiger partial charge in [-0.2, -0.15) is 4.98 Å². The van der Waals surface area contributed by atoms with E-state index in [2.05, 4.69) is 54.6 Å². The normalized spacial score (nSPS) is 19.9. The van der Waals surface area contributed by atoms with Crippen molar-refractivity contribution in [2.45, 2.75) is 11.5 Å². The Morgan fingerprint density at radius 1 is 0.727 bits per heavy atom. The summed E-state index contributed by atoms with van der Waals surface area (Å²) in [6, 6.07) is 26.8. The highest BCUT2D eigenvalue weighted by atomic mass is 16.6. The molecule has 0 radical (unpaired) electrons. The monoisotopic (exact) mass is 570 g/mol. The average Bonchev–Trinajstić information content (AvgIpc) is 3.80. The van der Waals surface area contributed by atoms with Gasteiger partial charge in [-0.05, 0) is 65.2 Å². The minimum atomic E-state index is -0.153. The first-order valence-corrected chi connectivity index (χ1v) is 14.6. The predicted octanol–water partition coefficient (Wildman–Crippen LogP) is 9.31. The first-order valence-electron chi connectivity index (χ1n) is 14.6. The lowest BCUT2D eigenvalue weighted by atomic mass is 9.95. The van der Waals surface area contributed by atoms with Gasteiger partial charge in [0.1, 0.15) is 22.9 Å². The molecule has 5 aromatic heterocycles. The molecular weight excluding hydrogens is 552 g/mol. The Morgan fingerprint density at radius 2 is 1.52 bits per heavy atom. The van der Waals surface area contributed by atoms with E-state index in [1.54, 1.807) is 0 Å². The molecule has 1 spiro atoms. The smallest absolute Gasteiger partial charge is 0.307 e. The van der Waals surface area contributed by atoms with Crippen LogP contribution < -0.4 is 4.74 Å². The lowest BCUT2D eigenvalue weighted by molar-refractivity contribution is 0.256. The van der Waals surface area contributed by atoms with Gasteiger partial charge in [-0.3, -0.25) is 4.40 Å². The molecule has 3 aliphatic rings. The fraction of sp³-hybridized carbons (Fsp3) is 0.0541. The van der Waals surface area contributed by atoms with Gasteiger partial charge in [0, 0.05) is 21.7 Å². The van der Waals surface area contributed by atoms with E-state index in [1.165, 1.54) is 5.57 Å². The van der Waals surface area contributed by atoms with Crippen LogP contribution in [0.2, 0.25) is 0 Å². The molecule has 44 heavy (non-hydrogen) atoms. The first kappa shape index (κ1) is 21.7. The van der Waals surface area contributed by atoms with Crippen molar-refractivity contribution in [3.05, 3.63) is 114 Å². The quantitative estimate of drug-likeness (QED) is 0.206. The number of oxazole rings is 1. The van der Waals surface area contributed by atoms with Gasteiger partial charge in [0.15, 0.2) is 5.76 Å². The second kappa shape index (κ2) is 6.98. The van der Waals surface area contributed by atoms with E-state index in [-0.39, 0.29) is 11.5 Å². The van der Waals surface area contributed by atoms with Crippen LogP contribution in [0.15, 0.2) is 127 Å². The van der Waals surface area contributed by atoms with Crippen LogP contribution in [0.25, 0.3) is 83.4 Å². The number of hydrogen-bond donors (Lipinski definition) is 0. The average molecular weight is 571 g/mol. The summed E-state index contributed by atoms with van der Waals surface area (Å²) in [5.74, 6) is 2.48. The predicted molar refractivity (Wildman–Crippen MR) is 166 cm³/mol. The molecule has 1 fully saturated rings. The Morgan fingerprint density at radius 3 is 2.48 bits per heavy atom. The molecule has 12 rings (SSSR count). The van der Waals surface area contributed by atoms with E-state index >= 15 is 0 Å². The van der Waals surface area contributed by atoms with Crippen molar-refractivity contribution in [3.8, 4) is 28.4 Å². The lowest BCUT2D eigenvalue weighted by Gasteiger charge is -2.03. The van der Waals surface area contributed by atoms with Crippen LogP contribution in [0.5, 0.6) is 5.95 Å². The molecule has 2 aliphatic carbocycles. The third-order valence-electron chi connectivity index (χ3n) is 9.76. The molecule has 9 aromatic rings. The first-order chi connectivity index (χ1) is 21.7. The fourth-order valence-electron chi connectivity index (χ4n) is 7.64. The number of imidazole rings is 1. The van der Waals surface area contributed by atoms with Gasteiger partial charge < -0.3 is 22.4 Å². The minimum absolute atomic E-state index is 0.0843. The minimum Gasteiger partial charge on any atom is -0.455 e. The number of allylic oxidation sites excluding steroid dienone is 2. The molecule has 7 heteroatoms. The van der Waals surface area contributed by atoms with E-state index < -0.39 is 0 Å². The number of para-hydroxylation sites is 1. The lowest BCUT2D eigenvalue weighted by Crippen LogP contribution is -2.04. The molecule has 0 bridgehead atoms. The molecule has 6 heterocycles. The van der Waals surface area contributed by atoms with Gasteiger partial charge in [-0.25, -0.2) is 0 Å². The fourth-order valence-corrected chi connectivity index (χ4v) is 7.64. The van der Waals surface area contributed by atoms with E-state index in [1.807, 2.05) is 53.1 Å². The van der Waals surface area contributed by atoms with Crippen molar-refractivity contribution in [2.24, 2.45) is 0 Å². The molecule has 2 unspecified atom stereocenters. The molecule has 206 valence electrons. The standard InChI is InChI=1S/C37H18N2O5/c1-2-6-27-21(4-1)31-22-14-18(8-11-28(22)41-34(31)40-27)19-7-10-25-26(16-19)39-17-30(43-36(39)38-25)20-9-12-29-23(15-20)32-35(42-29)44-33-24-5-3-13-37(24,32)33/h1-17,33H. The third-order valence-corrected chi connectivity index (χ3v) is 9.76. The third kappa shape index (κ3) is 2.43. The van der Waals surface area contributed by atoms with E-state index in [4.69, 9.17) is 27.4 Å². The van der Waals surface area contributed by atoms with Gasteiger partial charge in [0.2, 0.25) is 0 Å². The van der Waals surface area contributed by atoms with E-state index in [0.29, 0.717) is 17.6 Å². The topological polar surface area (TPSA) is 79.1 Å². The number of rotatable bonds is 2. The number of nitrogens with zero attached hydrogens (tertiary/aromatic N) is 2. The maximum atomic E-state index is 6.32. The van der Waals surface area contributed by atoms with Crippen LogP contribution >= 0.6 is 0 Å². The SMILES string of the molecule is C1=CC23C(=C1)C2Oc1oc2ccc(-c4cn5c(nc6ccc(-c7ccc8oc9oc%10ccccc%10c9c8c7)cc65)o4)cc2c13. The molecule has 1 saturated carbocycles. The molecule has 1 aliphatic heterocycles. The van der Waals surface area contributed by atoms with Gasteiger partial charge in [-0.1, -0.05) is 48.6 Å². The maximum absolute atomic E-state index is 6.32. The number of hydrogen-bond acceptors (Lipinski definition) is 6. The van der Waals surface area contributed by atoms with Gasteiger partial charge in [0.25, 0.3) is 11.7 Å². The summed E-state index contributed by atoms with van der Waals surface area (Å²) in [6.07, 6.45) is 8.61. The number of fused-ring (bicyclic) bond motifs is 12. The van der Waals surface area contributed by atoms with Crippen LogP contribution in [-0.2, 0) is 5.41 Å². The highest BCUT2D eigenvalue weighted by Gasteiger charge is 2.70. The van der Waals surface area contributed by atoms with Gasteiger partial charge in [0.05, 0.1) is 33.6 Å².